The van der Waals surface area contributed by atoms with Gasteiger partial charge >= 0.3 is 0 Å². The van der Waals surface area contributed by atoms with Crippen LogP contribution in [0, 0.1) is 5.92 Å². The number of carbonyl (C=O) groups excluding carboxylic acids is 1. The minimum absolute atomic E-state index is 0.0585. The molecule has 1 rings (SSSR count). The first kappa shape index (κ1) is 17.1. The number of ether oxygens (including phenoxy) is 3. The summed E-state index contributed by atoms with van der Waals surface area (Å²) >= 11 is 0. The molecule has 0 aliphatic rings. The van der Waals surface area contributed by atoms with Crippen molar-refractivity contribution in [1.82, 2.24) is 5.32 Å². The largest absolute Gasteiger partial charge is 0.493 e. The number of nitrogens with one attached hydrogen (secondary N) is 1. The Bertz CT molecular complexity index is 477. The van der Waals surface area contributed by atoms with Gasteiger partial charge in [0.25, 0.3) is 0 Å². The van der Waals surface area contributed by atoms with Crippen LogP contribution in [0.4, 0.5) is 0 Å². The van der Waals surface area contributed by atoms with Crippen molar-refractivity contribution < 1.29 is 19.0 Å². The third kappa shape index (κ3) is 4.01. The molecule has 0 aliphatic heterocycles. The summed E-state index contributed by atoms with van der Waals surface area (Å²) in [6.45, 7) is 2.73. The standard InChI is InChI=1S/C15H24N2O4/c1-5-17-15(18)11(9-16)8-10-6-7-12(19-2)14(21-4)13(10)20-3/h6-7,11H,5,8-9,16H2,1-4H3,(H,17,18). The molecular formula is C15H24N2O4. The number of hydrogen-bond acceptors (Lipinski definition) is 5. The van der Waals surface area contributed by atoms with Gasteiger partial charge in [-0.3, -0.25) is 4.79 Å². The van der Waals surface area contributed by atoms with E-state index in [2.05, 4.69) is 5.32 Å². The van der Waals surface area contributed by atoms with Crippen molar-refractivity contribution in [3.05, 3.63) is 17.7 Å². The fourth-order valence-electron chi connectivity index (χ4n) is 2.19. The number of benzene rings is 1. The highest BCUT2D eigenvalue weighted by Gasteiger charge is 2.22. The van der Waals surface area contributed by atoms with Crippen LogP contribution in [0.15, 0.2) is 12.1 Å². The Labute approximate surface area is 125 Å². The molecule has 0 saturated carbocycles. The number of methoxy groups -OCH3 is 3. The first-order chi connectivity index (χ1) is 10.1. The van der Waals surface area contributed by atoms with Gasteiger partial charge in [0.15, 0.2) is 11.5 Å². The molecule has 6 heteroatoms. The Hall–Kier alpha value is -1.95. The first-order valence-electron chi connectivity index (χ1n) is 6.88. The molecule has 21 heavy (non-hydrogen) atoms. The third-order valence-electron chi connectivity index (χ3n) is 3.26. The van der Waals surface area contributed by atoms with E-state index >= 15 is 0 Å². The van der Waals surface area contributed by atoms with E-state index in [4.69, 9.17) is 19.9 Å². The average molecular weight is 296 g/mol. The molecule has 0 radical (unpaired) electrons. The maximum atomic E-state index is 12.0. The minimum Gasteiger partial charge on any atom is -0.493 e. The zero-order valence-electron chi connectivity index (χ0n) is 13.1. The predicted octanol–water partition coefficient (Wildman–Crippen LogP) is 0.966. The second-order valence-electron chi connectivity index (χ2n) is 4.52. The lowest BCUT2D eigenvalue weighted by Gasteiger charge is -2.19. The van der Waals surface area contributed by atoms with E-state index in [1.807, 2.05) is 13.0 Å². The monoisotopic (exact) mass is 296 g/mol. The summed E-state index contributed by atoms with van der Waals surface area (Å²) in [5, 5.41) is 2.79. The van der Waals surface area contributed by atoms with Crippen LogP contribution >= 0.6 is 0 Å². The summed E-state index contributed by atoms with van der Waals surface area (Å²) in [6, 6.07) is 3.66. The summed E-state index contributed by atoms with van der Waals surface area (Å²) in [6.07, 6.45) is 0.478. The lowest BCUT2D eigenvalue weighted by Crippen LogP contribution is -2.36. The zero-order valence-corrected chi connectivity index (χ0v) is 13.1. The maximum Gasteiger partial charge on any atom is 0.224 e. The van der Waals surface area contributed by atoms with Gasteiger partial charge in [0.05, 0.1) is 27.2 Å². The maximum absolute atomic E-state index is 12.0. The highest BCUT2D eigenvalue weighted by atomic mass is 16.5. The van der Waals surface area contributed by atoms with E-state index in [1.54, 1.807) is 27.4 Å². The van der Waals surface area contributed by atoms with E-state index in [1.165, 1.54) is 0 Å². The Morgan fingerprint density at radius 1 is 1.19 bits per heavy atom. The molecule has 1 unspecified atom stereocenters. The van der Waals surface area contributed by atoms with Crippen LogP contribution in [0.5, 0.6) is 17.2 Å². The summed E-state index contributed by atoms with van der Waals surface area (Å²) in [5.41, 5.74) is 6.57. The van der Waals surface area contributed by atoms with Gasteiger partial charge in [-0.05, 0) is 25.0 Å². The fraction of sp³-hybridized carbons (Fsp3) is 0.533. The molecule has 3 N–H and O–H groups in total. The SMILES string of the molecule is CCNC(=O)C(CN)Cc1ccc(OC)c(OC)c1OC. The second kappa shape index (κ2) is 8.36. The molecule has 0 spiro atoms. The number of carbonyl (C=O) groups is 1. The molecule has 0 aromatic heterocycles. The van der Waals surface area contributed by atoms with E-state index < -0.39 is 0 Å². The van der Waals surface area contributed by atoms with Crippen molar-refractivity contribution in [3.63, 3.8) is 0 Å². The van der Waals surface area contributed by atoms with Gasteiger partial charge in [0, 0.05) is 13.1 Å². The number of nitrogens with two attached hydrogens (primary N) is 1. The lowest BCUT2D eigenvalue weighted by atomic mass is 9.97. The molecular weight excluding hydrogens is 272 g/mol. The van der Waals surface area contributed by atoms with Gasteiger partial charge in [-0.1, -0.05) is 6.07 Å². The molecule has 0 aliphatic carbocycles. The van der Waals surface area contributed by atoms with Crippen molar-refractivity contribution in [2.24, 2.45) is 11.7 Å². The Kier molecular flexibility index (Phi) is 6.81. The minimum atomic E-state index is -0.308. The second-order valence-corrected chi connectivity index (χ2v) is 4.52. The highest BCUT2D eigenvalue weighted by Crippen LogP contribution is 2.40. The molecule has 0 saturated heterocycles. The molecule has 0 bridgehead atoms. The molecule has 1 atom stereocenters. The van der Waals surface area contributed by atoms with Gasteiger partial charge in [0.2, 0.25) is 11.7 Å². The van der Waals surface area contributed by atoms with Gasteiger partial charge in [-0.2, -0.15) is 0 Å². The van der Waals surface area contributed by atoms with Gasteiger partial charge in [-0.15, -0.1) is 0 Å². The summed E-state index contributed by atoms with van der Waals surface area (Å²) in [7, 11) is 4.67. The number of rotatable bonds is 8. The highest BCUT2D eigenvalue weighted by molar-refractivity contribution is 5.79. The lowest BCUT2D eigenvalue weighted by molar-refractivity contribution is -0.124. The summed E-state index contributed by atoms with van der Waals surface area (Å²) < 4.78 is 16.0. The molecule has 118 valence electrons. The van der Waals surface area contributed by atoms with Crippen molar-refractivity contribution in [2.45, 2.75) is 13.3 Å². The van der Waals surface area contributed by atoms with Gasteiger partial charge in [-0.25, -0.2) is 0 Å². The van der Waals surface area contributed by atoms with Crippen molar-refractivity contribution in [3.8, 4) is 17.2 Å². The van der Waals surface area contributed by atoms with Crippen molar-refractivity contribution in [1.29, 1.82) is 0 Å². The number of amides is 1. The molecule has 6 nitrogen and oxygen atoms in total. The number of hydrogen-bond donors (Lipinski definition) is 2. The van der Waals surface area contributed by atoms with Gasteiger partial charge in [0.1, 0.15) is 0 Å². The van der Waals surface area contributed by atoms with E-state index in [0.29, 0.717) is 30.2 Å². The van der Waals surface area contributed by atoms with Crippen LogP contribution in [0.2, 0.25) is 0 Å². The Morgan fingerprint density at radius 3 is 2.33 bits per heavy atom. The Morgan fingerprint density at radius 2 is 1.86 bits per heavy atom. The zero-order chi connectivity index (χ0) is 15.8. The van der Waals surface area contributed by atoms with E-state index in [0.717, 1.165) is 5.56 Å². The van der Waals surface area contributed by atoms with Crippen LogP contribution < -0.4 is 25.3 Å². The quantitative estimate of drug-likeness (QED) is 0.747. The van der Waals surface area contributed by atoms with Crippen LogP contribution in [-0.2, 0) is 11.2 Å². The molecule has 0 fully saturated rings. The first-order valence-corrected chi connectivity index (χ1v) is 6.88. The smallest absolute Gasteiger partial charge is 0.224 e. The molecule has 1 aromatic carbocycles. The van der Waals surface area contributed by atoms with Crippen LogP contribution in [0.3, 0.4) is 0 Å². The molecule has 0 heterocycles. The van der Waals surface area contributed by atoms with Crippen molar-refractivity contribution in [2.75, 3.05) is 34.4 Å². The predicted molar refractivity (Wildman–Crippen MR) is 81.0 cm³/mol. The topological polar surface area (TPSA) is 82.8 Å². The van der Waals surface area contributed by atoms with Crippen molar-refractivity contribution >= 4 is 5.91 Å². The fourth-order valence-corrected chi connectivity index (χ4v) is 2.19. The Balaban J connectivity index is 3.09. The van der Waals surface area contributed by atoms with Crippen LogP contribution in [0.25, 0.3) is 0 Å². The van der Waals surface area contributed by atoms with Crippen LogP contribution in [-0.4, -0.2) is 40.3 Å². The van der Waals surface area contributed by atoms with E-state index in [9.17, 15) is 4.79 Å². The summed E-state index contributed by atoms with van der Waals surface area (Å²) in [5.74, 6) is 1.30. The van der Waals surface area contributed by atoms with Crippen LogP contribution in [0.1, 0.15) is 12.5 Å². The van der Waals surface area contributed by atoms with E-state index in [-0.39, 0.29) is 18.4 Å². The molecule has 1 amide bonds. The average Bonchev–Trinajstić information content (AvgIpc) is 2.51. The summed E-state index contributed by atoms with van der Waals surface area (Å²) in [4.78, 5) is 12.0. The van der Waals surface area contributed by atoms with Gasteiger partial charge < -0.3 is 25.3 Å². The normalized spacial score (nSPS) is 11.7. The third-order valence-corrected chi connectivity index (χ3v) is 3.26. The molecule has 1 aromatic rings.